The third-order valence-electron chi connectivity index (χ3n) is 4.43. The Morgan fingerprint density at radius 2 is 2.08 bits per heavy atom. The molecule has 1 rings (SSSR count). The number of hydrogen-bond donors (Lipinski definition) is 3. The number of ether oxygens (including phenoxy) is 1. The van der Waals surface area contributed by atoms with Gasteiger partial charge in [-0.05, 0) is 31.6 Å². The molecule has 0 radical (unpaired) electrons. The summed E-state index contributed by atoms with van der Waals surface area (Å²) >= 11 is 0. The van der Waals surface area contributed by atoms with Crippen molar-refractivity contribution in [1.29, 1.82) is 0 Å². The smallest absolute Gasteiger partial charge is 0.191 e. The second-order valence-corrected chi connectivity index (χ2v) is 7.41. The van der Waals surface area contributed by atoms with E-state index in [1.54, 1.807) is 0 Å². The van der Waals surface area contributed by atoms with E-state index in [1.165, 1.54) is 0 Å². The standard InChI is InChI=1S/C19H40N4O2/c1-5-7-17(8-10-24)12-21-19(20-6-2)22-13-18-15-23(9-11-25-18)14-16(3)4/h16-18,24H,5-15H2,1-4H3,(H2,20,21,22). The summed E-state index contributed by atoms with van der Waals surface area (Å²) in [4.78, 5) is 7.21. The summed E-state index contributed by atoms with van der Waals surface area (Å²) in [5.41, 5.74) is 0. The molecule has 0 saturated carbocycles. The maximum absolute atomic E-state index is 9.19. The zero-order valence-electron chi connectivity index (χ0n) is 16.8. The van der Waals surface area contributed by atoms with E-state index in [2.05, 4.69) is 43.2 Å². The predicted molar refractivity (Wildman–Crippen MR) is 105 cm³/mol. The van der Waals surface area contributed by atoms with E-state index >= 15 is 0 Å². The molecule has 1 fully saturated rings. The number of aliphatic hydroxyl groups is 1. The van der Waals surface area contributed by atoms with Crippen LogP contribution in [-0.2, 0) is 4.74 Å². The van der Waals surface area contributed by atoms with Crippen molar-refractivity contribution in [3.63, 3.8) is 0 Å². The summed E-state index contributed by atoms with van der Waals surface area (Å²) in [6, 6.07) is 0. The molecule has 1 saturated heterocycles. The van der Waals surface area contributed by atoms with Gasteiger partial charge in [-0.1, -0.05) is 27.2 Å². The number of nitrogens with one attached hydrogen (secondary N) is 2. The van der Waals surface area contributed by atoms with Gasteiger partial charge in [-0.15, -0.1) is 0 Å². The second kappa shape index (κ2) is 13.4. The van der Waals surface area contributed by atoms with Crippen LogP contribution in [0.4, 0.5) is 0 Å². The summed E-state index contributed by atoms with van der Waals surface area (Å²) in [6.07, 6.45) is 3.28. The lowest BCUT2D eigenvalue weighted by Crippen LogP contribution is -2.50. The van der Waals surface area contributed by atoms with Gasteiger partial charge in [0.25, 0.3) is 0 Å². The Hall–Kier alpha value is -0.850. The van der Waals surface area contributed by atoms with Crippen LogP contribution in [0.2, 0.25) is 0 Å². The van der Waals surface area contributed by atoms with E-state index in [0.29, 0.717) is 11.8 Å². The van der Waals surface area contributed by atoms with Gasteiger partial charge in [0.2, 0.25) is 0 Å². The van der Waals surface area contributed by atoms with Crippen LogP contribution in [0.25, 0.3) is 0 Å². The highest BCUT2D eigenvalue weighted by Gasteiger charge is 2.21. The van der Waals surface area contributed by atoms with E-state index in [4.69, 9.17) is 9.73 Å². The summed E-state index contributed by atoms with van der Waals surface area (Å²) in [7, 11) is 0. The number of aliphatic hydroxyl groups excluding tert-OH is 1. The highest BCUT2D eigenvalue weighted by atomic mass is 16.5. The molecule has 148 valence electrons. The van der Waals surface area contributed by atoms with Crippen molar-refractivity contribution in [2.75, 3.05) is 52.5 Å². The molecule has 0 aromatic rings. The van der Waals surface area contributed by atoms with Crippen molar-refractivity contribution >= 4 is 5.96 Å². The lowest BCUT2D eigenvalue weighted by atomic mass is 10.0. The predicted octanol–water partition coefficient (Wildman–Crippen LogP) is 1.70. The normalized spacial score (nSPS) is 20.7. The van der Waals surface area contributed by atoms with Crippen molar-refractivity contribution in [2.24, 2.45) is 16.8 Å². The van der Waals surface area contributed by atoms with Crippen molar-refractivity contribution in [3.8, 4) is 0 Å². The van der Waals surface area contributed by atoms with Gasteiger partial charge in [0.1, 0.15) is 0 Å². The Kier molecular flexibility index (Phi) is 11.9. The van der Waals surface area contributed by atoms with Crippen molar-refractivity contribution in [1.82, 2.24) is 15.5 Å². The van der Waals surface area contributed by atoms with Crippen LogP contribution in [-0.4, -0.2) is 74.6 Å². The Balaban J connectivity index is 2.46. The molecule has 0 spiro atoms. The molecule has 2 unspecified atom stereocenters. The van der Waals surface area contributed by atoms with Crippen molar-refractivity contribution in [3.05, 3.63) is 0 Å². The molecule has 1 aliphatic rings. The molecule has 25 heavy (non-hydrogen) atoms. The molecular formula is C19H40N4O2. The van der Waals surface area contributed by atoms with Crippen LogP contribution < -0.4 is 10.6 Å². The van der Waals surface area contributed by atoms with Crippen molar-refractivity contribution in [2.45, 2.75) is 53.1 Å². The summed E-state index contributed by atoms with van der Waals surface area (Å²) in [5, 5.41) is 15.9. The Labute approximate surface area is 154 Å². The molecule has 0 aromatic carbocycles. The lowest BCUT2D eigenvalue weighted by Gasteiger charge is -2.34. The molecule has 2 atom stereocenters. The lowest BCUT2D eigenvalue weighted by molar-refractivity contribution is -0.0284. The molecule has 6 heteroatoms. The van der Waals surface area contributed by atoms with Gasteiger partial charge in [0.15, 0.2) is 5.96 Å². The molecule has 3 N–H and O–H groups in total. The van der Waals surface area contributed by atoms with Gasteiger partial charge >= 0.3 is 0 Å². The van der Waals surface area contributed by atoms with E-state index in [9.17, 15) is 5.11 Å². The van der Waals surface area contributed by atoms with E-state index in [-0.39, 0.29) is 12.7 Å². The molecule has 0 aromatic heterocycles. The van der Waals surface area contributed by atoms with Gasteiger partial charge in [-0.2, -0.15) is 0 Å². The Bertz CT molecular complexity index is 357. The number of guanidine groups is 1. The molecule has 0 bridgehead atoms. The molecular weight excluding hydrogens is 316 g/mol. The minimum atomic E-state index is 0.209. The number of aliphatic imine (C=N–C) groups is 1. The molecule has 6 nitrogen and oxygen atoms in total. The molecule has 1 heterocycles. The third-order valence-corrected chi connectivity index (χ3v) is 4.43. The molecule has 0 aliphatic carbocycles. The van der Waals surface area contributed by atoms with Crippen LogP contribution >= 0.6 is 0 Å². The van der Waals surface area contributed by atoms with Gasteiger partial charge in [-0.3, -0.25) is 9.89 Å². The first-order chi connectivity index (χ1) is 12.1. The van der Waals surface area contributed by atoms with Gasteiger partial charge < -0.3 is 20.5 Å². The minimum Gasteiger partial charge on any atom is -0.396 e. The average Bonchev–Trinajstić information content (AvgIpc) is 2.57. The second-order valence-electron chi connectivity index (χ2n) is 7.41. The van der Waals surface area contributed by atoms with Gasteiger partial charge in [0.05, 0.1) is 12.7 Å². The zero-order valence-corrected chi connectivity index (χ0v) is 16.8. The third kappa shape index (κ3) is 10.0. The highest BCUT2D eigenvalue weighted by Crippen LogP contribution is 2.11. The number of morpholine rings is 1. The summed E-state index contributed by atoms with van der Waals surface area (Å²) < 4.78 is 5.90. The average molecular weight is 357 g/mol. The Morgan fingerprint density at radius 1 is 1.28 bits per heavy atom. The topological polar surface area (TPSA) is 69.1 Å². The largest absolute Gasteiger partial charge is 0.396 e. The first-order valence-electron chi connectivity index (χ1n) is 10.1. The fourth-order valence-corrected chi connectivity index (χ4v) is 3.28. The maximum atomic E-state index is 9.19. The highest BCUT2D eigenvalue weighted by molar-refractivity contribution is 5.79. The SMILES string of the molecule is CCCC(CCO)CN=C(NCC)NCC1CN(CC(C)C)CCO1. The minimum absolute atomic E-state index is 0.209. The van der Waals surface area contributed by atoms with Crippen molar-refractivity contribution < 1.29 is 9.84 Å². The van der Waals surface area contributed by atoms with Crippen LogP contribution in [0.5, 0.6) is 0 Å². The maximum Gasteiger partial charge on any atom is 0.191 e. The quantitative estimate of drug-likeness (QED) is 0.388. The summed E-state index contributed by atoms with van der Waals surface area (Å²) in [6.45, 7) is 15.4. The van der Waals surface area contributed by atoms with E-state index in [1.807, 2.05) is 0 Å². The van der Waals surface area contributed by atoms with E-state index < -0.39 is 0 Å². The van der Waals surface area contributed by atoms with Crippen LogP contribution in [0.1, 0.15) is 47.0 Å². The number of rotatable bonds is 11. The van der Waals surface area contributed by atoms with Gasteiger partial charge in [0, 0.05) is 45.9 Å². The van der Waals surface area contributed by atoms with E-state index in [0.717, 1.165) is 71.1 Å². The molecule has 0 amide bonds. The Morgan fingerprint density at radius 3 is 2.72 bits per heavy atom. The first-order valence-corrected chi connectivity index (χ1v) is 10.1. The summed E-state index contributed by atoms with van der Waals surface area (Å²) in [5.74, 6) is 2.00. The number of nitrogens with zero attached hydrogens (tertiary/aromatic N) is 2. The van der Waals surface area contributed by atoms with Crippen LogP contribution in [0.15, 0.2) is 4.99 Å². The number of hydrogen-bond acceptors (Lipinski definition) is 4. The first kappa shape index (κ1) is 22.2. The van der Waals surface area contributed by atoms with Gasteiger partial charge in [-0.25, -0.2) is 0 Å². The van der Waals surface area contributed by atoms with Crippen LogP contribution in [0, 0.1) is 11.8 Å². The monoisotopic (exact) mass is 356 g/mol. The fraction of sp³-hybridized carbons (Fsp3) is 0.947. The fourth-order valence-electron chi connectivity index (χ4n) is 3.28. The zero-order chi connectivity index (χ0) is 18.5. The van der Waals surface area contributed by atoms with Crippen LogP contribution in [0.3, 0.4) is 0 Å². The molecule has 1 aliphatic heterocycles.